The maximum atomic E-state index is 12.1. The zero-order chi connectivity index (χ0) is 22.0. The maximum Gasteiger partial charge on any atom is 0.508 e. The molecule has 3 aliphatic rings. The summed E-state index contributed by atoms with van der Waals surface area (Å²) in [6.07, 6.45) is -0.0910. The molecule has 11 heteroatoms. The summed E-state index contributed by atoms with van der Waals surface area (Å²) in [5, 5.41) is 14.3. The van der Waals surface area contributed by atoms with Gasteiger partial charge in [0.2, 0.25) is 5.60 Å². The molecule has 0 amide bonds. The SMILES string of the molecule is CC1(OC(=O)OC[C@@]2(C#N)O[C@@H](c3ccc4c(N)ncnn34)[C@@H]3OC(C)(C)O[C@@H]32)CC1. The van der Waals surface area contributed by atoms with Gasteiger partial charge in [-0.2, -0.15) is 10.4 Å². The van der Waals surface area contributed by atoms with Crippen molar-refractivity contribution in [3.8, 4) is 6.07 Å². The second-order valence-electron chi connectivity index (χ2n) is 8.85. The Balaban J connectivity index is 1.46. The number of nitrogen functional groups attached to an aromatic ring is 1. The number of hydrogen-bond donors (Lipinski definition) is 1. The third-order valence-electron chi connectivity index (χ3n) is 5.90. The first-order valence-electron chi connectivity index (χ1n) is 10.0. The van der Waals surface area contributed by atoms with Crippen LogP contribution in [0.4, 0.5) is 10.6 Å². The molecule has 31 heavy (non-hydrogen) atoms. The molecular formula is C20H23N5O6. The van der Waals surface area contributed by atoms with E-state index in [1.54, 1.807) is 30.5 Å². The summed E-state index contributed by atoms with van der Waals surface area (Å²) in [4.78, 5) is 16.1. The summed E-state index contributed by atoms with van der Waals surface area (Å²) in [6.45, 7) is 4.97. The number of nitrogens with two attached hydrogens (primary N) is 1. The Morgan fingerprint density at radius 1 is 1.32 bits per heavy atom. The van der Waals surface area contributed by atoms with Gasteiger partial charge in [0.1, 0.15) is 48.4 Å². The summed E-state index contributed by atoms with van der Waals surface area (Å²) in [5.74, 6) is -0.645. The molecule has 3 fully saturated rings. The monoisotopic (exact) mass is 429 g/mol. The molecular weight excluding hydrogens is 406 g/mol. The Hall–Kier alpha value is -2.94. The average molecular weight is 429 g/mol. The Kier molecular flexibility index (Phi) is 4.21. The fourth-order valence-corrected chi connectivity index (χ4v) is 4.06. The van der Waals surface area contributed by atoms with E-state index in [1.165, 1.54) is 6.33 Å². The van der Waals surface area contributed by atoms with Crippen LogP contribution in [0.5, 0.6) is 0 Å². The zero-order valence-electron chi connectivity index (χ0n) is 17.4. The van der Waals surface area contributed by atoms with Crippen molar-refractivity contribution >= 4 is 17.5 Å². The highest BCUT2D eigenvalue weighted by Gasteiger charge is 2.65. The van der Waals surface area contributed by atoms with Crippen LogP contribution < -0.4 is 5.73 Å². The van der Waals surface area contributed by atoms with E-state index in [4.69, 9.17) is 29.4 Å². The van der Waals surface area contributed by atoms with Crippen molar-refractivity contribution in [2.75, 3.05) is 12.3 Å². The number of anilines is 1. The number of carbonyl (C=O) groups excluding carboxylic acids is 1. The first kappa shape index (κ1) is 20.0. The molecule has 11 nitrogen and oxygen atoms in total. The molecule has 0 aromatic carbocycles. The van der Waals surface area contributed by atoms with Crippen LogP contribution in [-0.2, 0) is 23.7 Å². The van der Waals surface area contributed by atoms with Crippen molar-refractivity contribution in [2.45, 2.75) is 68.9 Å². The number of nitrogens with zero attached hydrogens (tertiary/aromatic N) is 4. The fraction of sp³-hybridized carbons (Fsp3) is 0.600. The third kappa shape index (κ3) is 3.27. The predicted molar refractivity (Wildman–Crippen MR) is 103 cm³/mol. The fourth-order valence-electron chi connectivity index (χ4n) is 4.06. The molecule has 0 spiro atoms. The maximum absolute atomic E-state index is 12.1. The van der Waals surface area contributed by atoms with E-state index >= 15 is 0 Å². The summed E-state index contributed by atoms with van der Waals surface area (Å²) in [7, 11) is 0. The van der Waals surface area contributed by atoms with Crippen LogP contribution in [0.15, 0.2) is 18.5 Å². The molecule has 2 N–H and O–H groups in total. The highest BCUT2D eigenvalue weighted by Crippen LogP contribution is 2.50. The van der Waals surface area contributed by atoms with Gasteiger partial charge in [-0.05, 0) is 45.7 Å². The lowest BCUT2D eigenvalue weighted by atomic mass is 9.96. The van der Waals surface area contributed by atoms with Crippen molar-refractivity contribution in [1.82, 2.24) is 14.6 Å². The van der Waals surface area contributed by atoms with Gasteiger partial charge >= 0.3 is 6.16 Å². The van der Waals surface area contributed by atoms with E-state index in [0.717, 1.165) is 12.8 Å². The minimum absolute atomic E-state index is 0.311. The predicted octanol–water partition coefficient (Wildman–Crippen LogP) is 1.87. The van der Waals surface area contributed by atoms with Gasteiger partial charge in [0, 0.05) is 0 Å². The highest BCUT2D eigenvalue weighted by atomic mass is 16.8. The summed E-state index contributed by atoms with van der Waals surface area (Å²) in [5.41, 5.74) is 5.08. The van der Waals surface area contributed by atoms with Crippen molar-refractivity contribution in [2.24, 2.45) is 0 Å². The van der Waals surface area contributed by atoms with Crippen molar-refractivity contribution in [1.29, 1.82) is 5.26 Å². The molecule has 0 bridgehead atoms. The van der Waals surface area contributed by atoms with Crippen LogP contribution in [0.3, 0.4) is 0 Å². The Morgan fingerprint density at radius 3 is 2.81 bits per heavy atom. The van der Waals surface area contributed by atoms with E-state index < -0.39 is 41.5 Å². The van der Waals surface area contributed by atoms with Crippen LogP contribution in [0, 0.1) is 11.3 Å². The quantitative estimate of drug-likeness (QED) is 0.715. The van der Waals surface area contributed by atoms with Crippen molar-refractivity contribution < 1.29 is 28.5 Å². The van der Waals surface area contributed by atoms with Gasteiger partial charge in [0.15, 0.2) is 11.6 Å². The van der Waals surface area contributed by atoms with Gasteiger partial charge < -0.3 is 29.4 Å². The van der Waals surface area contributed by atoms with E-state index in [2.05, 4.69) is 16.2 Å². The molecule has 2 aromatic rings. The Morgan fingerprint density at radius 2 is 2.10 bits per heavy atom. The lowest BCUT2D eigenvalue weighted by molar-refractivity contribution is -0.206. The van der Waals surface area contributed by atoms with Crippen LogP contribution in [0.2, 0.25) is 0 Å². The molecule has 0 unspecified atom stereocenters. The van der Waals surface area contributed by atoms with E-state index in [9.17, 15) is 10.1 Å². The van der Waals surface area contributed by atoms with Gasteiger partial charge in [0.25, 0.3) is 0 Å². The smallest absolute Gasteiger partial charge is 0.430 e. The van der Waals surface area contributed by atoms with E-state index in [1.807, 2.05) is 6.92 Å². The van der Waals surface area contributed by atoms with Crippen LogP contribution in [0.1, 0.15) is 45.4 Å². The van der Waals surface area contributed by atoms with Crippen molar-refractivity contribution in [3.63, 3.8) is 0 Å². The molecule has 4 atom stereocenters. The molecule has 1 saturated carbocycles. The Bertz CT molecular complexity index is 1090. The van der Waals surface area contributed by atoms with Crippen LogP contribution in [0.25, 0.3) is 5.52 Å². The average Bonchev–Trinajstić information content (AvgIpc) is 3.04. The van der Waals surface area contributed by atoms with Gasteiger partial charge in [-0.25, -0.2) is 14.3 Å². The lowest BCUT2D eigenvalue weighted by Crippen LogP contribution is -2.46. The van der Waals surface area contributed by atoms with Gasteiger partial charge in [0.05, 0.1) is 5.69 Å². The van der Waals surface area contributed by atoms with Crippen molar-refractivity contribution in [3.05, 3.63) is 24.2 Å². The minimum atomic E-state index is -1.59. The third-order valence-corrected chi connectivity index (χ3v) is 5.90. The molecule has 164 valence electrons. The molecule has 2 saturated heterocycles. The van der Waals surface area contributed by atoms with Crippen LogP contribution >= 0.6 is 0 Å². The summed E-state index contributed by atoms with van der Waals surface area (Å²) in [6, 6.07) is 5.69. The number of nitriles is 1. The molecule has 4 heterocycles. The second kappa shape index (κ2) is 6.53. The molecule has 2 aliphatic heterocycles. The first-order chi connectivity index (χ1) is 14.7. The molecule has 5 rings (SSSR count). The zero-order valence-corrected chi connectivity index (χ0v) is 17.4. The number of rotatable bonds is 4. The topological polar surface area (TPSA) is 143 Å². The summed E-state index contributed by atoms with van der Waals surface area (Å²) < 4.78 is 30.5. The Labute approximate surface area is 178 Å². The number of carbonyl (C=O) groups is 1. The number of fused-ring (bicyclic) bond motifs is 2. The summed E-state index contributed by atoms with van der Waals surface area (Å²) >= 11 is 0. The van der Waals surface area contributed by atoms with Gasteiger partial charge in [-0.3, -0.25) is 0 Å². The number of aromatic nitrogens is 3. The van der Waals surface area contributed by atoms with E-state index in [-0.39, 0.29) is 6.61 Å². The number of hydrogen-bond acceptors (Lipinski definition) is 10. The second-order valence-corrected chi connectivity index (χ2v) is 8.85. The highest BCUT2D eigenvalue weighted by molar-refractivity contribution is 5.65. The molecule has 1 aliphatic carbocycles. The molecule has 0 radical (unpaired) electrons. The standard InChI is InChI=1S/C20H23N5O6/c1-18(2)28-14-13(11-4-5-12-16(22)23-10-24-25(11)12)29-20(8-21,15(14)30-18)9-27-17(26)31-19(3)6-7-19/h4-5,10,13-15H,6-7,9H2,1-3H3,(H2,22,23,24)/t13-,14-,15-,20+/m0/s1. The largest absolute Gasteiger partial charge is 0.508 e. The van der Waals surface area contributed by atoms with Gasteiger partial charge in [-0.15, -0.1) is 0 Å². The molecule has 2 aromatic heterocycles. The number of ether oxygens (including phenoxy) is 5. The minimum Gasteiger partial charge on any atom is -0.430 e. The normalized spacial score (nSPS) is 32.4. The van der Waals surface area contributed by atoms with Crippen LogP contribution in [-0.4, -0.2) is 56.6 Å². The van der Waals surface area contributed by atoms with E-state index in [0.29, 0.717) is 17.0 Å². The first-order valence-corrected chi connectivity index (χ1v) is 10.0. The lowest BCUT2D eigenvalue weighted by Gasteiger charge is -2.28. The van der Waals surface area contributed by atoms with Gasteiger partial charge in [-0.1, -0.05) is 0 Å².